The van der Waals surface area contributed by atoms with Crippen LogP contribution in [-0.4, -0.2) is 28.9 Å². The molecule has 5 aromatic rings. The van der Waals surface area contributed by atoms with E-state index in [-0.39, 0.29) is 11.3 Å². The largest absolute Gasteiger partial charge is 0.507 e. The van der Waals surface area contributed by atoms with Gasteiger partial charge in [0.15, 0.2) is 5.13 Å². The number of aliphatic hydroxyl groups is 1. The Morgan fingerprint density at radius 2 is 1.65 bits per heavy atom. The number of para-hydroxylation sites is 1. The number of aliphatic hydroxyl groups excluding tert-OH is 1. The number of carbonyl (C=O) groups is 2. The summed E-state index contributed by atoms with van der Waals surface area (Å²) < 4.78 is 12.0. The van der Waals surface area contributed by atoms with Crippen LogP contribution in [0.5, 0.6) is 17.2 Å². The Labute approximate surface area is 238 Å². The Morgan fingerprint density at radius 3 is 2.40 bits per heavy atom. The van der Waals surface area contributed by atoms with Gasteiger partial charge in [-0.25, -0.2) is 4.98 Å². The lowest BCUT2D eigenvalue weighted by molar-refractivity contribution is -0.132. The van der Waals surface area contributed by atoms with Gasteiger partial charge in [0.25, 0.3) is 5.78 Å². The minimum atomic E-state index is -0.961. The number of anilines is 1. The zero-order valence-corrected chi connectivity index (χ0v) is 22.6. The molecular weight excluding hydrogens is 548 g/mol. The highest BCUT2D eigenvalue weighted by atomic mass is 35.5. The first-order chi connectivity index (χ1) is 19.4. The number of Topliss-reactive ketones (excluding diaryl/α,β-unsaturated/α-hetero) is 1. The fraction of sp³-hybridized carbons (Fsp3) is 0.0645. The van der Waals surface area contributed by atoms with Gasteiger partial charge in [-0.2, -0.15) is 0 Å². The minimum absolute atomic E-state index is 0.0516. The molecule has 0 aliphatic carbocycles. The van der Waals surface area contributed by atoms with Crippen molar-refractivity contribution in [3.8, 4) is 17.2 Å². The summed E-state index contributed by atoms with van der Waals surface area (Å²) in [5, 5.41) is 12.3. The third-order valence-corrected chi connectivity index (χ3v) is 7.76. The number of halogens is 1. The van der Waals surface area contributed by atoms with E-state index in [1.165, 1.54) is 23.3 Å². The smallest absolute Gasteiger partial charge is 0.301 e. The van der Waals surface area contributed by atoms with Crippen LogP contribution >= 0.6 is 22.9 Å². The van der Waals surface area contributed by atoms with Crippen LogP contribution in [0.3, 0.4) is 0 Å². The van der Waals surface area contributed by atoms with Gasteiger partial charge in [-0.1, -0.05) is 53.3 Å². The third-order valence-electron chi connectivity index (χ3n) is 6.51. The monoisotopic (exact) mass is 568 g/mol. The molecule has 2 heterocycles. The van der Waals surface area contributed by atoms with E-state index in [1.54, 1.807) is 66.7 Å². The second kappa shape index (κ2) is 10.5. The molecule has 0 spiro atoms. The topological polar surface area (TPSA) is 89.0 Å². The van der Waals surface area contributed by atoms with E-state index in [0.29, 0.717) is 44.0 Å². The van der Waals surface area contributed by atoms with Gasteiger partial charge in [-0.3, -0.25) is 14.5 Å². The minimum Gasteiger partial charge on any atom is -0.507 e. The maximum Gasteiger partial charge on any atom is 0.301 e. The van der Waals surface area contributed by atoms with Crippen LogP contribution in [0.4, 0.5) is 5.13 Å². The normalized spacial score (nSPS) is 16.4. The van der Waals surface area contributed by atoms with Crippen molar-refractivity contribution in [1.29, 1.82) is 0 Å². The number of carbonyl (C=O) groups excluding carboxylic acids is 2. The maximum atomic E-state index is 13.6. The number of fused-ring (bicyclic) bond motifs is 1. The molecule has 1 unspecified atom stereocenters. The summed E-state index contributed by atoms with van der Waals surface area (Å²) in [6.45, 7) is 0. The van der Waals surface area contributed by atoms with Crippen molar-refractivity contribution in [2.24, 2.45) is 0 Å². The summed E-state index contributed by atoms with van der Waals surface area (Å²) >= 11 is 7.42. The summed E-state index contributed by atoms with van der Waals surface area (Å²) in [5.74, 6) is -0.172. The number of nitrogens with zero attached hydrogens (tertiary/aromatic N) is 2. The average molecular weight is 569 g/mol. The predicted molar refractivity (Wildman–Crippen MR) is 155 cm³/mol. The number of ether oxygens (including phenoxy) is 2. The molecule has 1 saturated heterocycles. The van der Waals surface area contributed by atoms with Gasteiger partial charge in [0.05, 0.1) is 28.9 Å². The summed E-state index contributed by atoms with van der Waals surface area (Å²) in [5.41, 5.74) is 1.53. The van der Waals surface area contributed by atoms with Crippen LogP contribution < -0.4 is 14.4 Å². The van der Waals surface area contributed by atoms with Gasteiger partial charge in [-0.15, -0.1) is 0 Å². The fourth-order valence-corrected chi connectivity index (χ4v) is 5.88. The maximum absolute atomic E-state index is 13.6. The number of benzene rings is 4. The fourth-order valence-electron chi connectivity index (χ4n) is 4.61. The Balaban J connectivity index is 1.51. The lowest BCUT2D eigenvalue weighted by atomic mass is 9.95. The van der Waals surface area contributed by atoms with E-state index < -0.39 is 17.7 Å². The van der Waals surface area contributed by atoms with Gasteiger partial charge in [0.2, 0.25) is 0 Å². The summed E-state index contributed by atoms with van der Waals surface area (Å²) in [7, 11) is 1.54. The van der Waals surface area contributed by atoms with Crippen LogP contribution in [0.2, 0.25) is 5.02 Å². The van der Waals surface area contributed by atoms with E-state index in [2.05, 4.69) is 4.98 Å². The highest BCUT2D eigenvalue weighted by Gasteiger charge is 2.48. The number of hydrogen-bond acceptors (Lipinski definition) is 7. The van der Waals surface area contributed by atoms with Crippen molar-refractivity contribution in [2.45, 2.75) is 6.04 Å². The van der Waals surface area contributed by atoms with Crippen LogP contribution in [0.15, 0.2) is 103 Å². The van der Waals surface area contributed by atoms with E-state index in [1.807, 2.05) is 30.3 Å². The van der Waals surface area contributed by atoms with Gasteiger partial charge in [-0.05, 0) is 72.3 Å². The molecule has 1 N–H and O–H groups in total. The third kappa shape index (κ3) is 4.68. The molecular formula is C31H21ClN2O5S. The van der Waals surface area contributed by atoms with Gasteiger partial charge >= 0.3 is 5.91 Å². The molecule has 9 heteroatoms. The predicted octanol–water partition coefficient (Wildman–Crippen LogP) is 7.38. The molecule has 7 nitrogen and oxygen atoms in total. The summed E-state index contributed by atoms with van der Waals surface area (Å²) in [4.78, 5) is 33.1. The van der Waals surface area contributed by atoms with E-state index >= 15 is 0 Å². The Morgan fingerprint density at radius 1 is 0.900 bits per heavy atom. The van der Waals surface area contributed by atoms with Crippen LogP contribution in [0, 0.1) is 0 Å². The van der Waals surface area contributed by atoms with Gasteiger partial charge in [0.1, 0.15) is 23.0 Å². The Hall–Kier alpha value is -4.66. The van der Waals surface area contributed by atoms with E-state index in [4.69, 9.17) is 21.1 Å². The van der Waals surface area contributed by atoms with E-state index in [9.17, 15) is 14.7 Å². The van der Waals surface area contributed by atoms with Gasteiger partial charge < -0.3 is 14.6 Å². The molecule has 198 valence electrons. The molecule has 1 fully saturated rings. The quantitative estimate of drug-likeness (QED) is 0.131. The number of methoxy groups -OCH3 is 1. The Bertz CT molecular complexity index is 1780. The molecule has 1 aliphatic rings. The van der Waals surface area contributed by atoms with Crippen LogP contribution in [-0.2, 0) is 9.59 Å². The molecule has 1 amide bonds. The first kappa shape index (κ1) is 25.6. The SMILES string of the molecule is COc1ccc(/C(O)=C2\C(=O)C(=O)N(c3nc4ccc(Cl)cc4s3)C2c2cccc(Oc3ccccc3)c2)cc1. The van der Waals surface area contributed by atoms with Gasteiger partial charge in [0, 0.05) is 10.6 Å². The average Bonchev–Trinajstić information content (AvgIpc) is 3.50. The first-order valence-corrected chi connectivity index (χ1v) is 13.5. The zero-order chi connectivity index (χ0) is 27.8. The lowest BCUT2D eigenvalue weighted by Crippen LogP contribution is -2.29. The van der Waals surface area contributed by atoms with Crippen molar-refractivity contribution in [1.82, 2.24) is 4.98 Å². The summed E-state index contributed by atoms with van der Waals surface area (Å²) in [6, 6.07) is 27.3. The highest BCUT2D eigenvalue weighted by Crippen LogP contribution is 2.45. The summed E-state index contributed by atoms with van der Waals surface area (Å²) in [6.07, 6.45) is 0. The van der Waals surface area contributed by atoms with Crippen LogP contribution in [0.25, 0.3) is 16.0 Å². The second-order valence-electron chi connectivity index (χ2n) is 8.99. The second-order valence-corrected chi connectivity index (χ2v) is 10.4. The number of hydrogen-bond donors (Lipinski definition) is 1. The van der Waals surface area contributed by atoms with Crippen LogP contribution in [0.1, 0.15) is 17.2 Å². The molecule has 0 saturated carbocycles. The molecule has 6 rings (SSSR count). The number of aromatic nitrogens is 1. The van der Waals surface area contributed by atoms with Crippen molar-refractivity contribution < 1.29 is 24.2 Å². The van der Waals surface area contributed by atoms with Crippen molar-refractivity contribution >= 4 is 55.7 Å². The van der Waals surface area contributed by atoms with E-state index in [0.717, 1.165) is 4.70 Å². The lowest BCUT2D eigenvalue weighted by Gasteiger charge is -2.23. The zero-order valence-electron chi connectivity index (χ0n) is 21.1. The molecule has 4 aromatic carbocycles. The molecule has 1 aliphatic heterocycles. The number of ketones is 1. The first-order valence-electron chi connectivity index (χ1n) is 12.3. The number of amides is 1. The van der Waals surface area contributed by atoms with Crippen molar-refractivity contribution in [3.63, 3.8) is 0 Å². The molecule has 0 radical (unpaired) electrons. The molecule has 1 aromatic heterocycles. The van der Waals surface area contributed by atoms with Crippen molar-refractivity contribution in [3.05, 3.63) is 119 Å². The Kier molecular flexibility index (Phi) is 6.71. The molecule has 40 heavy (non-hydrogen) atoms. The molecule has 0 bridgehead atoms. The standard InChI is InChI=1S/C31H21ClN2O5S/c1-38-21-13-10-18(11-14-21)28(35)26-27(19-6-5-9-23(16-19)39-22-7-3-2-4-8-22)34(30(37)29(26)36)31-33-24-15-12-20(32)17-25(24)40-31/h2-17,27,35H,1H3/b28-26+. The highest BCUT2D eigenvalue weighted by molar-refractivity contribution is 7.22. The van der Waals surface area contributed by atoms with Crippen molar-refractivity contribution in [2.75, 3.05) is 12.0 Å². The number of thiazole rings is 1. The number of rotatable bonds is 6. The molecule has 1 atom stereocenters.